The molecule has 1 saturated carbocycles. The largest absolute Gasteiger partial charge is 0.466 e. The van der Waals surface area contributed by atoms with Gasteiger partial charge in [0.2, 0.25) is 0 Å². The molecule has 0 aromatic carbocycles. The normalized spacial score (nSPS) is 16.4. The van der Waals surface area contributed by atoms with Crippen molar-refractivity contribution < 1.29 is 14.3 Å². The van der Waals surface area contributed by atoms with E-state index in [0.717, 1.165) is 25.7 Å². The third-order valence-corrected chi connectivity index (χ3v) is 3.76. The van der Waals surface area contributed by atoms with Gasteiger partial charge >= 0.3 is 5.97 Å². The first kappa shape index (κ1) is 15.2. The molecule has 1 aliphatic carbocycles. The average Bonchev–Trinajstić information content (AvgIpc) is 2.96. The lowest BCUT2D eigenvalue weighted by Gasteiger charge is -2.26. The highest BCUT2D eigenvalue weighted by Gasteiger charge is 2.42. The summed E-state index contributed by atoms with van der Waals surface area (Å²) in [5.74, 6) is -0.372. The molecule has 1 amide bonds. The van der Waals surface area contributed by atoms with Crippen LogP contribution in [0.4, 0.5) is 5.82 Å². The van der Waals surface area contributed by atoms with Gasteiger partial charge in [-0.15, -0.1) is 0 Å². The molecular weight excluding hydrogens is 272 g/mol. The van der Waals surface area contributed by atoms with Gasteiger partial charge in [0.25, 0.3) is 5.91 Å². The van der Waals surface area contributed by atoms with Gasteiger partial charge in [-0.2, -0.15) is 0 Å². The van der Waals surface area contributed by atoms with E-state index in [9.17, 15) is 9.59 Å². The van der Waals surface area contributed by atoms with Crippen LogP contribution in [0.5, 0.6) is 0 Å². The first-order valence-corrected chi connectivity index (χ1v) is 7.10. The summed E-state index contributed by atoms with van der Waals surface area (Å²) in [6.45, 7) is 2.59. The molecule has 0 unspecified atom stereocenters. The van der Waals surface area contributed by atoms with Crippen LogP contribution in [0.3, 0.4) is 0 Å². The summed E-state index contributed by atoms with van der Waals surface area (Å²) >= 11 is 0. The Morgan fingerprint density at radius 2 is 2.10 bits per heavy atom. The number of hydrogen-bond donors (Lipinski definition) is 2. The summed E-state index contributed by atoms with van der Waals surface area (Å²) in [7, 11) is 0. The van der Waals surface area contributed by atoms with Crippen LogP contribution in [-0.4, -0.2) is 35.0 Å². The standard InChI is InChI=1S/C14H20N4O3/c1-2-21-13(20)14(5-3-4-6-14)9-17-11-8-16-7-10(18-11)12(15)19/h7-8H,2-6,9H2,1H3,(H2,15,19)(H,17,18). The second-order valence-corrected chi connectivity index (χ2v) is 5.22. The lowest BCUT2D eigenvalue weighted by molar-refractivity contribution is -0.154. The smallest absolute Gasteiger partial charge is 0.313 e. The first-order valence-electron chi connectivity index (χ1n) is 7.10. The third-order valence-electron chi connectivity index (χ3n) is 3.76. The summed E-state index contributed by atoms with van der Waals surface area (Å²) in [5, 5.41) is 3.08. The van der Waals surface area contributed by atoms with E-state index < -0.39 is 11.3 Å². The van der Waals surface area contributed by atoms with E-state index in [0.29, 0.717) is 19.0 Å². The molecule has 0 spiro atoms. The maximum atomic E-state index is 12.2. The Labute approximate surface area is 123 Å². The number of amides is 1. The minimum Gasteiger partial charge on any atom is -0.466 e. The van der Waals surface area contributed by atoms with Crippen LogP contribution in [0, 0.1) is 5.41 Å². The fourth-order valence-electron chi connectivity index (χ4n) is 2.62. The van der Waals surface area contributed by atoms with Crippen molar-refractivity contribution in [1.82, 2.24) is 9.97 Å². The van der Waals surface area contributed by atoms with Gasteiger partial charge in [0.15, 0.2) is 0 Å². The highest BCUT2D eigenvalue weighted by Crippen LogP contribution is 2.39. The van der Waals surface area contributed by atoms with Gasteiger partial charge in [0, 0.05) is 6.54 Å². The maximum absolute atomic E-state index is 12.2. The van der Waals surface area contributed by atoms with Gasteiger partial charge in [-0.3, -0.25) is 14.6 Å². The topological polar surface area (TPSA) is 107 Å². The molecular formula is C14H20N4O3. The highest BCUT2D eigenvalue weighted by molar-refractivity contribution is 5.90. The number of aromatic nitrogens is 2. The monoisotopic (exact) mass is 292 g/mol. The summed E-state index contributed by atoms with van der Waals surface area (Å²) in [5.41, 5.74) is 4.75. The van der Waals surface area contributed by atoms with Crippen LogP contribution < -0.4 is 11.1 Å². The zero-order valence-electron chi connectivity index (χ0n) is 12.1. The van der Waals surface area contributed by atoms with Crippen LogP contribution in [-0.2, 0) is 9.53 Å². The van der Waals surface area contributed by atoms with Crippen LogP contribution in [0.1, 0.15) is 43.1 Å². The minimum absolute atomic E-state index is 0.0941. The molecule has 1 heterocycles. The van der Waals surface area contributed by atoms with Crippen LogP contribution >= 0.6 is 0 Å². The first-order chi connectivity index (χ1) is 10.1. The fourth-order valence-corrected chi connectivity index (χ4v) is 2.62. The molecule has 3 N–H and O–H groups in total. The second kappa shape index (κ2) is 6.51. The number of carbonyl (C=O) groups is 2. The van der Waals surface area contributed by atoms with Gasteiger partial charge in [-0.25, -0.2) is 4.98 Å². The Hall–Kier alpha value is -2.18. The molecule has 0 atom stereocenters. The van der Waals surface area contributed by atoms with E-state index in [4.69, 9.17) is 10.5 Å². The van der Waals surface area contributed by atoms with Crippen molar-refractivity contribution in [3.05, 3.63) is 18.1 Å². The number of carbonyl (C=O) groups excluding carboxylic acids is 2. The van der Waals surface area contributed by atoms with E-state index in [-0.39, 0.29) is 11.7 Å². The SMILES string of the molecule is CCOC(=O)C1(CNc2cncc(C(N)=O)n2)CCCC1. The lowest BCUT2D eigenvalue weighted by atomic mass is 9.86. The number of nitrogens with zero attached hydrogens (tertiary/aromatic N) is 2. The van der Waals surface area contributed by atoms with E-state index >= 15 is 0 Å². The Kier molecular flexibility index (Phi) is 4.72. The van der Waals surface area contributed by atoms with Crippen molar-refractivity contribution in [2.75, 3.05) is 18.5 Å². The van der Waals surface area contributed by atoms with E-state index in [1.807, 2.05) is 0 Å². The van der Waals surface area contributed by atoms with Crippen LogP contribution in [0.2, 0.25) is 0 Å². The van der Waals surface area contributed by atoms with Gasteiger partial charge in [0.05, 0.1) is 24.4 Å². The van der Waals surface area contributed by atoms with Gasteiger partial charge in [-0.05, 0) is 19.8 Å². The lowest BCUT2D eigenvalue weighted by Crippen LogP contribution is -2.37. The van der Waals surface area contributed by atoms with Crippen molar-refractivity contribution in [3.63, 3.8) is 0 Å². The number of ether oxygens (including phenoxy) is 1. The summed E-state index contributed by atoms with van der Waals surface area (Å²) in [6.07, 6.45) is 6.41. The molecule has 0 bridgehead atoms. The second-order valence-electron chi connectivity index (χ2n) is 5.22. The average molecular weight is 292 g/mol. The Balaban J connectivity index is 2.07. The molecule has 2 rings (SSSR count). The van der Waals surface area contributed by atoms with E-state index in [1.54, 1.807) is 6.92 Å². The van der Waals surface area contributed by atoms with Crippen molar-refractivity contribution in [2.45, 2.75) is 32.6 Å². The molecule has 114 valence electrons. The van der Waals surface area contributed by atoms with Crippen molar-refractivity contribution in [1.29, 1.82) is 0 Å². The number of rotatable bonds is 6. The van der Waals surface area contributed by atoms with Crippen LogP contribution in [0.15, 0.2) is 12.4 Å². The molecule has 0 saturated heterocycles. The number of primary amides is 1. The summed E-state index contributed by atoms with van der Waals surface area (Å²) in [6, 6.07) is 0. The zero-order valence-corrected chi connectivity index (χ0v) is 12.1. The van der Waals surface area contributed by atoms with Crippen molar-refractivity contribution in [3.8, 4) is 0 Å². The van der Waals surface area contributed by atoms with E-state index in [1.165, 1.54) is 12.4 Å². The molecule has 21 heavy (non-hydrogen) atoms. The summed E-state index contributed by atoms with van der Waals surface area (Å²) < 4.78 is 5.19. The Bertz CT molecular complexity index is 527. The van der Waals surface area contributed by atoms with E-state index in [2.05, 4.69) is 15.3 Å². The molecule has 0 radical (unpaired) electrons. The van der Waals surface area contributed by atoms with Gasteiger partial charge < -0.3 is 15.8 Å². The number of hydrogen-bond acceptors (Lipinski definition) is 6. The number of esters is 1. The Morgan fingerprint density at radius 3 is 2.71 bits per heavy atom. The molecule has 1 aromatic heterocycles. The molecule has 1 fully saturated rings. The van der Waals surface area contributed by atoms with Gasteiger partial charge in [-0.1, -0.05) is 12.8 Å². The number of nitrogens with one attached hydrogen (secondary N) is 1. The van der Waals surface area contributed by atoms with Crippen molar-refractivity contribution in [2.24, 2.45) is 11.1 Å². The van der Waals surface area contributed by atoms with Gasteiger partial charge in [0.1, 0.15) is 11.5 Å². The molecule has 7 heteroatoms. The maximum Gasteiger partial charge on any atom is 0.313 e. The van der Waals surface area contributed by atoms with Crippen molar-refractivity contribution >= 4 is 17.7 Å². The Morgan fingerprint density at radius 1 is 1.38 bits per heavy atom. The number of nitrogens with two attached hydrogens (primary N) is 1. The molecule has 7 nitrogen and oxygen atoms in total. The summed E-state index contributed by atoms with van der Waals surface area (Å²) in [4.78, 5) is 31.3. The highest BCUT2D eigenvalue weighted by atomic mass is 16.5. The molecule has 0 aliphatic heterocycles. The minimum atomic E-state index is -0.632. The molecule has 1 aromatic rings. The predicted molar refractivity (Wildman–Crippen MR) is 76.6 cm³/mol. The van der Waals surface area contributed by atoms with Crippen LogP contribution in [0.25, 0.3) is 0 Å². The third kappa shape index (κ3) is 3.48. The fraction of sp³-hybridized carbons (Fsp3) is 0.571. The predicted octanol–water partition coefficient (Wildman–Crippen LogP) is 1.11. The molecule has 1 aliphatic rings. The quantitative estimate of drug-likeness (QED) is 0.760. The zero-order chi connectivity index (χ0) is 15.3. The number of anilines is 1.